The number of anilines is 1. The molecule has 0 aliphatic carbocycles. The van der Waals surface area contributed by atoms with E-state index in [0.717, 1.165) is 0 Å². The Balaban J connectivity index is 2.38. The van der Waals surface area contributed by atoms with Crippen molar-refractivity contribution in [2.24, 2.45) is 0 Å². The summed E-state index contributed by atoms with van der Waals surface area (Å²) in [6.45, 7) is 0. The lowest BCUT2D eigenvalue weighted by Gasteiger charge is -2.16. The van der Waals surface area contributed by atoms with Gasteiger partial charge in [0.05, 0.1) is 10.5 Å². The second-order valence-electron chi connectivity index (χ2n) is 3.97. The fourth-order valence-corrected chi connectivity index (χ4v) is 2.04. The fourth-order valence-electron chi connectivity index (χ4n) is 1.63. The van der Waals surface area contributed by atoms with Gasteiger partial charge in [-0.1, -0.05) is 6.07 Å². The monoisotopic (exact) mass is 335 g/mol. The maximum Gasteiger partial charge on any atom is 0.270 e. The van der Waals surface area contributed by atoms with Gasteiger partial charge in [0.1, 0.15) is 5.82 Å². The van der Waals surface area contributed by atoms with Crippen LogP contribution in [0, 0.1) is 10.1 Å². The number of amides is 1. The summed E-state index contributed by atoms with van der Waals surface area (Å²) in [7, 11) is 1.57. The highest BCUT2D eigenvalue weighted by Gasteiger charge is 2.20. The Bertz CT molecular complexity index is 661. The molecule has 0 saturated carbocycles. The van der Waals surface area contributed by atoms with E-state index in [1.54, 1.807) is 31.4 Å². The van der Waals surface area contributed by atoms with Crippen LogP contribution in [0.15, 0.2) is 47.1 Å². The van der Waals surface area contributed by atoms with Gasteiger partial charge in [-0.05, 0) is 34.1 Å². The van der Waals surface area contributed by atoms with Crippen LogP contribution in [0.1, 0.15) is 10.4 Å². The second kappa shape index (κ2) is 5.79. The van der Waals surface area contributed by atoms with Crippen molar-refractivity contribution in [3.8, 4) is 0 Å². The highest BCUT2D eigenvalue weighted by atomic mass is 79.9. The van der Waals surface area contributed by atoms with Crippen molar-refractivity contribution in [1.82, 2.24) is 4.98 Å². The largest absolute Gasteiger partial charge is 0.296 e. The summed E-state index contributed by atoms with van der Waals surface area (Å²) in [5, 5.41) is 10.8. The zero-order valence-corrected chi connectivity index (χ0v) is 12.1. The molecular formula is C13H10BrN3O3. The summed E-state index contributed by atoms with van der Waals surface area (Å²) in [5.41, 5.74) is 0.0818. The van der Waals surface area contributed by atoms with Crippen molar-refractivity contribution in [1.29, 1.82) is 0 Å². The van der Waals surface area contributed by atoms with Crippen LogP contribution in [0.3, 0.4) is 0 Å². The molecule has 0 radical (unpaired) electrons. The summed E-state index contributed by atoms with van der Waals surface area (Å²) >= 11 is 3.23. The number of aromatic nitrogens is 1. The highest BCUT2D eigenvalue weighted by Crippen LogP contribution is 2.24. The topological polar surface area (TPSA) is 76.3 Å². The predicted molar refractivity (Wildman–Crippen MR) is 77.8 cm³/mol. The Morgan fingerprint density at radius 1 is 1.35 bits per heavy atom. The summed E-state index contributed by atoms with van der Waals surface area (Å²) in [4.78, 5) is 28.0. The third-order valence-electron chi connectivity index (χ3n) is 2.69. The van der Waals surface area contributed by atoms with Crippen LogP contribution in [-0.2, 0) is 0 Å². The average molecular weight is 336 g/mol. The minimum Gasteiger partial charge on any atom is -0.296 e. The fraction of sp³-hybridized carbons (Fsp3) is 0.0769. The molecule has 1 heterocycles. The summed E-state index contributed by atoms with van der Waals surface area (Å²) < 4.78 is 0.496. The SMILES string of the molecule is CN(C(=O)c1cc([N+](=O)[O-])ccc1Br)c1ccccn1. The van der Waals surface area contributed by atoms with Crippen LogP contribution in [0.2, 0.25) is 0 Å². The first-order chi connectivity index (χ1) is 9.50. The number of hydrogen-bond acceptors (Lipinski definition) is 4. The lowest BCUT2D eigenvalue weighted by atomic mass is 10.2. The zero-order chi connectivity index (χ0) is 14.7. The number of hydrogen-bond donors (Lipinski definition) is 0. The van der Waals surface area contributed by atoms with E-state index < -0.39 is 4.92 Å². The van der Waals surface area contributed by atoms with E-state index >= 15 is 0 Å². The Hall–Kier alpha value is -2.28. The molecule has 0 bridgehead atoms. The molecule has 6 nitrogen and oxygen atoms in total. The van der Waals surface area contributed by atoms with E-state index in [0.29, 0.717) is 10.3 Å². The number of carbonyl (C=O) groups excluding carboxylic acids is 1. The Labute approximate surface area is 123 Å². The van der Waals surface area contributed by atoms with Crippen LogP contribution in [-0.4, -0.2) is 22.9 Å². The van der Waals surface area contributed by atoms with Gasteiger partial charge in [-0.25, -0.2) is 4.98 Å². The van der Waals surface area contributed by atoms with E-state index in [1.165, 1.54) is 23.1 Å². The number of carbonyl (C=O) groups is 1. The van der Waals surface area contributed by atoms with Crippen LogP contribution in [0.25, 0.3) is 0 Å². The Morgan fingerprint density at radius 3 is 2.70 bits per heavy atom. The molecule has 1 aromatic carbocycles. The van der Waals surface area contributed by atoms with Crippen LogP contribution >= 0.6 is 15.9 Å². The quantitative estimate of drug-likeness (QED) is 0.638. The summed E-state index contributed by atoms with van der Waals surface area (Å²) in [6.07, 6.45) is 1.57. The van der Waals surface area contributed by atoms with Gasteiger partial charge in [-0.3, -0.25) is 19.8 Å². The van der Waals surface area contributed by atoms with Crippen LogP contribution in [0.4, 0.5) is 11.5 Å². The number of halogens is 1. The number of nitro benzene ring substituents is 1. The van der Waals surface area contributed by atoms with Crippen molar-refractivity contribution in [2.45, 2.75) is 0 Å². The van der Waals surface area contributed by atoms with Gasteiger partial charge in [0.2, 0.25) is 0 Å². The minimum atomic E-state index is -0.538. The van der Waals surface area contributed by atoms with Crippen molar-refractivity contribution in [3.63, 3.8) is 0 Å². The third kappa shape index (κ3) is 2.83. The molecule has 1 amide bonds. The molecule has 20 heavy (non-hydrogen) atoms. The number of rotatable bonds is 3. The maximum absolute atomic E-state index is 12.4. The Morgan fingerprint density at radius 2 is 2.10 bits per heavy atom. The van der Waals surface area contributed by atoms with Gasteiger partial charge in [0, 0.05) is 29.8 Å². The normalized spacial score (nSPS) is 10.1. The summed E-state index contributed by atoms with van der Waals surface area (Å²) in [5.74, 6) is 0.0928. The number of non-ortho nitro benzene ring substituents is 1. The van der Waals surface area contributed by atoms with E-state index in [9.17, 15) is 14.9 Å². The highest BCUT2D eigenvalue weighted by molar-refractivity contribution is 9.10. The van der Waals surface area contributed by atoms with E-state index in [-0.39, 0.29) is 17.2 Å². The van der Waals surface area contributed by atoms with Crippen molar-refractivity contribution >= 4 is 33.3 Å². The smallest absolute Gasteiger partial charge is 0.270 e. The molecule has 0 aliphatic rings. The lowest BCUT2D eigenvalue weighted by molar-refractivity contribution is -0.384. The average Bonchev–Trinajstić information content (AvgIpc) is 2.47. The molecule has 0 unspecified atom stereocenters. The van der Waals surface area contributed by atoms with Crippen LogP contribution < -0.4 is 4.90 Å². The maximum atomic E-state index is 12.4. The van der Waals surface area contributed by atoms with Crippen molar-refractivity contribution in [3.05, 3.63) is 62.7 Å². The number of nitrogens with zero attached hydrogens (tertiary/aromatic N) is 3. The molecule has 0 fully saturated rings. The van der Waals surface area contributed by atoms with Gasteiger partial charge >= 0.3 is 0 Å². The van der Waals surface area contributed by atoms with Gasteiger partial charge in [0.15, 0.2) is 0 Å². The molecule has 2 aromatic rings. The number of pyridine rings is 1. The molecule has 102 valence electrons. The van der Waals surface area contributed by atoms with E-state index in [4.69, 9.17) is 0 Å². The van der Waals surface area contributed by atoms with Crippen molar-refractivity contribution in [2.75, 3.05) is 11.9 Å². The first-order valence-electron chi connectivity index (χ1n) is 5.63. The van der Waals surface area contributed by atoms with Gasteiger partial charge in [0.25, 0.3) is 11.6 Å². The zero-order valence-electron chi connectivity index (χ0n) is 10.5. The molecule has 0 atom stereocenters. The molecule has 0 saturated heterocycles. The van der Waals surface area contributed by atoms with Gasteiger partial charge < -0.3 is 0 Å². The standard InChI is InChI=1S/C13H10BrN3O3/c1-16(12-4-2-3-7-15-12)13(18)10-8-9(17(19)20)5-6-11(10)14/h2-8H,1H3. The third-order valence-corrected chi connectivity index (χ3v) is 3.38. The summed E-state index contributed by atoms with van der Waals surface area (Å²) in [6, 6.07) is 9.24. The molecule has 0 spiro atoms. The molecular weight excluding hydrogens is 326 g/mol. The van der Waals surface area contributed by atoms with Gasteiger partial charge in [-0.2, -0.15) is 0 Å². The lowest BCUT2D eigenvalue weighted by Crippen LogP contribution is -2.27. The number of benzene rings is 1. The molecule has 0 N–H and O–H groups in total. The first-order valence-corrected chi connectivity index (χ1v) is 6.43. The first kappa shape index (κ1) is 14.1. The molecule has 0 aliphatic heterocycles. The minimum absolute atomic E-state index is 0.133. The van der Waals surface area contributed by atoms with Crippen molar-refractivity contribution < 1.29 is 9.72 Å². The molecule has 2 rings (SSSR count). The Kier molecular flexibility index (Phi) is 4.09. The molecule has 7 heteroatoms. The van der Waals surface area contributed by atoms with Gasteiger partial charge in [-0.15, -0.1) is 0 Å². The number of nitro groups is 1. The van der Waals surface area contributed by atoms with E-state index in [1.807, 2.05) is 0 Å². The second-order valence-corrected chi connectivity index (χ2v) is 4.83. The van der Waals surface area contributed by atoms with Crippen LogP contribution in [0.5, 0.6) is 0 Å². The predicted octanol–water partition coefficient (Wildman–Crippen LogP) is 3.03. The molecule has 1 aromatic heterocycles. The van der Waals surface area contributed by atoms with E-state index in [2.05, 4.69) is 20.9 Å².